The van der Waals surface area contributed by atoms with Gasteiger partial charge in [0.15, 0.2) is 11.5 Å². The molecule has 0 saturated heterocycles. The van der Waals surface area contributed by atoms with Crippen LogP contribution >= 0.6 is 0 Å². The summed E-state index contributed by atoms with van der Waals surface area (Å²) in [4.78, 5) is 25.8. The van der Waals surface area contributed by atoms with E-state index in [1.165, 1.54) is 24.1 Å². The highest BCUT2D eigenvalue weighted by Crippen LogP contribution is 2.31. The fraction of sp³-hybridized carbons (Fsp3) is 0.263. The average molecular weight is 377 g/mol. The summed E-state index contributed by atoms with van der Waals surface area (Å²) >= 11 is 0. The van der Waals surface area contributed by atoms with Crippen molar-refractivity contribution in [2.24, 2.45) is 0 Å². The summed E-state index contributed by atoms with van der Waals surface area (Å²) < 4.78 is 34.6. The van der Waals surface area contributed by atoms with Gasteiger partial charge in [0, 0.05) is 18.5 Å². The maximum atomic E-state index is 12.9. The number of benzene rings is 2. The van der Waals surface area contributed by atoms with Crippen molar-refractivity contribution in [3.63, 3.8) is 0 Å². The van der Waals surface area contributed by atoms with Gasteiger partial charge >= 0.3 is 12.6 Å². The first-order valence-electron chi connectivity index (χ1n) is 8.14. The molecule has 0 spiro atoms. The van der Waals surface area contributed by atoms with Gasteiger partial charge < -0.3 is 19.5 Å². The lowest BCUT2D eigenvalue weighted by Crippen LogP contribution is -2.48. The molecule has 6 nitrogen and oxygen atoms in total. The van der Waals surface area contributed by atoms with Crippen LogP contribution in [0, 0.1) is 0 Å². The maximum absolute atomic E-state index is 12.9. The standard InChI is InChI=1S/C19H17F2NO5/c1-26-15-7-6-12(9-16(15)27-19(20)21)17(23)22-10-13-5-3-2-4-11(13)8-14(22)18(24)25/h2-7,9,14,19H,8,10H2,1H3,(H,24,25). The lowest BCUT2D eigenvalue weighted by Gasteiger charge is -2.34. The molecule has 0 fully saturated rings. The summed E-state index contributed by atoms with van der Waals surface area (Å²) in [5.74, 6) is -1.96. The van der Waals surface area contributed by atoms with E-state index in [4.69, 9.17) is 4.74 Å². The fourth-order valence-corrected chi connectivity index (χ4v) is 3.12. The Kier molecular flexibility index (Phi) is 5.25. The Bertz CT molecular complexity index is 871. The Morgan fingerprint density at radius 1 is 1.15 bits per heavy atom. The molecule has 1 aliphatic heterocycles. The lowest BCUT2D eigenvalue weighted by molar-refractivity contribution is -0.142. The molecule has 8 heteroatoms. The van der Waals surface area contributed by atoms with Gasteiger partial charge in [-0.15, -0.1) is 0 Å². The van der Waals surface area contributed by atoms with Crippen LogP contribution in [-0.2, 0) is 17.8 Å². The number of aliphatic carboxylic acids is 1. The first kappa shape index (κ1) is 18.6. The number of amides is 1. The molecular formula is C19H17F2NO5. The summed E-state index contributed by atoms with van der Waals surface area (Å²) in [5, 5.41) is 9.55. The minimum absolute atomic E-state index is 0.0390. The number of nitrogens with zero attached hydrogens (tertiary/aromatic N) is 1. The van der Waals surface area contributed by atoms with E-state index in [9.17, 15) is 23.5 Å². The molecule has 1 aliphatic rings. The topological polar surface area (TPSA) is 76.1 Å². The maximum Gasteiger partial charge on any atom is 0.387 e. The SMILES string of the molecule is COc1ccc(C(=O)N2Cc3ccccc3CC2C(=O)O)cc1OC(F)F. The molecule has 1 amide bonds. The van der Waals surface area contributed by atoms with Crippen molar-refractivity contribution in [1.29, 1.82) is 0 Å². The Morgan fingerprint density at radius 2 is 1.85 bits per heavy atom. The first-order valence-corrected chi connectivity index (χ1v) is 8.14. The predicted molar refractivity (Wildman–Crippen MR) is 91.1 cm³/mol. The van der Waals surface area contributed by atoms with Gasteiger partial charge in [-0.3, -0.25) is 4.79 Å². The quantitative estimate of drug-likeness (QED) is 0.867. The van der Waals surface area contributed by atoms with Crippen LogP contribution in [0.4, 0.5) is 8.78 Å². The molecule has 1 N–H and O–H groups in total. The molecule has 142 valence electrons. The highest BCUT2D eigenvalue weighted by molar-refractivity contribution is 5.97. The third-order valence-corrected chi connectivity index (χ3v) is 4.42. The number of carboxylic acids is 1. The number of hydrogen-bond donors (Lipinski definition) is 1. The van der Waals surface area contributed by atoms with Gasteiger partial charge in [0.1, 0.15) is 6.04 Å². The molecule has 1 heterocycles. The predicted octanol–water partition coefficient (Wildman–Crippen LogP) is 2.95. The Hall–Kier alpha value is -3.16. The van der Waals surface area contributed by atoms with Crippen molar-refractivity contribution < 1.29 is 33.0 Å². The normalized spacial score (nSPS) is 16.0. The number of hydrogen-bond acceptors (Lipinski definition) is 4. The van der Waals surface area contributed by atoms with Gasteiger partial charge in [-0.2, -0.15) is 8.78 Å². The molecule has 0 aromatic heterocycles. The second kappa shape index (κ2) is 7.61. The summed E-state index contributed by atoms with van der Waals surface area (Å²) in [6.45, 7) is -2.97. The van der Waals surface area contributed by atoms with E-state index in [1.807, 2.05) is 24.3 Å². The minimum atomic E-state index is -3.09. The number of methoxy groups -OCH3 is 1. The highest BCUT2D eigenvalue weighted by atomic mass is 19.3. The number of fused-ring (bicyclic) bond motifs is 1. The number of rotatable bonds is 5. The van der Waals surface area contributed by atoms with Gasteiger partial charge in [0.05, 0.1) is 7.11 Å². The molecule has 0 bridgehead atoms. The van der Waals surface area contributed by atoms with Gasteiger partial charge in [-0.05, 0) is 29.3 Å². The summed E-state index contributed by atoms with van der Waals surface area (Å²) in [7, 11) is 1.29. The second-order valence-electron chi connectivity index (χ2n) is 6.00. The molecule has 0 saturated carbocycles. The van der Waals surface area contributed by atoms with Crippen LogP contribution in [0.1, 0.15) is 21.5 Å². The van der Waals surface area contributed by atoms with Crippen molar-refractivity contribution in [3.05, 3.63) is 59.2 Å². The zero-order chi connectivity index (χ0) is 19.6. The first-order chi connectivity index (χ1) is 12.9. The molecule has 1 atom stereocenters. The van der Waals surface area contributed by atoms with Crippen LogP contribution in [0.15, 0.2) is 42.5 Å². The van der Waals surface area contributed by atoms with Crippen LogP contribution in [0.3, 0.4) is 0 Å². The van der Waals surface area contributed by atoms with E-state index < -0.39 is 24.5 Å². The highest BCUT2D eigenvalue weighted by Gasteiger charge is 2.35. The molecule has 1 unspecified atom stereocenters. The average Bonchev–Trinajstić information content (AvgIpc) is 2.65. The van der Waals surface area contributed by atoms with Crippen LogP contribution < -0.4 is 9.47 Å². The molecule has 0 radical (unpaired) electrons. The Balaban J connectivity index is 1.95. The van der Waals surface area contributed by atoms with E-state index in [0.29, 0.717) is 0 Å². The zero-order valence-electron chi connectivity index (χ0n) is 14.4. The molecule has 27 heavy (non-hydrogen) atoms. The van der Waals surface area contributed by atoms with Crippen molar-refractivity contribution in [2.45, 2.75) is 25.6 Å². The third-order valence-electron chi connectivity index (χ3n) is 4.42. The monoisotopic (exact) mass is 377 g/mol. The van der Waals surface area contributed by atoms with E-state index >= 15 is 0 Å². The molecule has 3 rings (SSSR count). The summed E-state index contributed by atoms with van der Waals surface area (Å²) in [6, 6.07) is 10.1. The molecular weight excluding hydrogens is 360 g/mol. The number of halogens is 2. The number of carboxylic acid groups (broad SMARTS) is 1. The van der Waals surface area contributed by atoms with Crippen molar-refractivity contribution >= 4 is 11.9 Å². The van der Waals surface area contributed by atoms with Crippen molar-refractivity contribution in [1.82, 2.24) is 4.90 Å². The molecule has 2 aromatic rings. The fourth-order valence-electron chi connectivity index (χ4n) is 3.12. The van der Waals surface area contributed by atoms with E-state index in [1.54, 1.807) is 0 Å². The minimum Gasteiger partial charge on any atom is -0.493 e. The smallest absolute Gasteiger partial charge is 0.387 e. The zero-order valence-corrected chi connectivity index (χ0v) is 14.4. The molecule has 0 aliphatic carbocycles. The summed E-state index contributed by atoms with van der Waals surface area (Å²) in [5.41, 5.74) is 1.75. The van der Waals surface area contributed by atoms with E-state index in [2.05, 4.69) is 4.74 Å². The van der Waals surface area contributed by atoms with E-state index in [-0.39, 0.29) is 30.0 Å². The Labute approximate surface area is 153 Å². The van der Waals surface area contributed by atoms with E-state index in [0.717, 1.165) is 17.2 Å². The number of ether oxygens (including phenoxy) is 2. The number of carbonyl (C=O) groups is 2. The van der Waals surface area contributed by atoms with Crippen LogP contribution in [-0.4, -0.2) is 41.6 Å². The van der Waals surface area contributed by atoms with Crippen LogP contribution in [0.2, 0.25) is 0 Å². The van der Waals surface area contributed by atoms with Gasteiger partial charge in [-0.1, -0.05) is 24.3 Å². The van der Waals surface area contributed by atoms with Crippen molar-refractivity contribution in [2.75, 3.05) is 7.11 Å². The van der Waals surface area contributed by atoms with Crippen molar-refractivity contribution in [3.8, 4) is 11.5 Å². The largest absolute Gasteiger partial charge is 0.493 e. The third kappa shape index (κ3) is 3.84. The van der Waals surface area contributed by atoms with Gasteiger partial charge in [0.2, 0.25) is 0 Å². The number of alkyl halides is 2. The van der Waals surface area contributed by atoms with Gasteiger partial charge in [-0.25, -0.2) is 4.79 Å². The Morgan fingerprint density at radius 3 is 2.48 bits per heavy atom. The lowest BCUT2D eigenvalue weighted by atomic mass is 9.93. The van der Waals surface area contributed by atoms with Crippen LogP contribution in [0.5, 0.6) is 11.5 Å². The summed E-state index contributed by atoms with van der Waals surface area (Å²) in [6.07, 6.45) is 0.174. The molecule has 2 aromatic carbocycles. The van der Waals surface area contributed by atoms with Crippen LogP contribution in [0.25, 0.3) is 0 Å². The second-order valence-corrected chi connectivity index (χ2v) is 6.00. The number of carbonyl (C=O) groups excluding carboxylic acids is 1. The van der Waals surface area contributed by atoms with Gasteiger partial charge in [0.25, 0.3) is 5.91 Å².